The van der Waals surface area contributed by atoms with Crippen molar-refractivity contribution in [3.63, 3.8) is 0 Å². The summed E-state index contributed by atoms with van der Waals surface area (Å²) >= 11 is 12.4. The number of benzene rings is 2. The second kappa shape index (κ2) is 7.28. The van der Waals surface area contributed by atoms with Crippen molar-refractivity contribution in [3.05, 3.63) is 69.7 Å². The Morgan fingerprint density at radius 3 is 2.43 bits per heavy atom. The van der Waals surface area contributed by atoms with Crippen molar-refractivity contribution in [1.82, 2.24) is 4.90 Å². The number of hydrogen-bond donors (Lipinski definition) is 1. The molecule has 2 N–H and O–H groups in total. The van der Waals surface area contributed by atoms with Gasteiger partial charge in [0.2, 0.25) is 0 Å². The second-order valence-corrected chi connectivity index (χ2v) is 6.01. The first-order valence-corrected chi connectivity index (χ1v) is 7.72. The molecule has 0 aliphatic heterocycles. The van der Waals surface area contributed by atoms with E-state index in [1.165, 1.54) is 0 Å². The molecule has 0 radical (unpaired) electrons. The van der Waals surface area contributed by atoms with E-state index in [9.17, 15) is 0 Å². The molecule has 0 saturated carbocycles. The van der Waals surface area contributed by atoms with Gasteiger partial charge in [-0.15, -0.1) is 0 Å². The van der Waals surface area contributed by atoms with Crippen LogP contribution in [0.1, 0.15) is 30.1 Å². The largest absolute Gasteiger partial charge is 0.329 e. The summed E-state index contributed by atoms with van der Waals surface area (Å²) in [7, 11) is 2.06. The van der Waals surface area contributed by atoms with Crippen LogP contribution in [0.2, 0.25) is 10.0 Å². The molecule has 0 bridgehead atoms. The summed E-state index contributed by atoms with van der Waals surface area (Å²) in [5.41, 5.74) is 8.21. The Hall–Kier alpha value is -1.06. The molecular weight excluding hydrogens is 303 g/mol. The van der Waals surface area contributed by atoms with Gasteiger partial charge in [-0.25, -0.2) is 0 Å². The van der Waals surface area contributed by atoms with Gasteiger partial charge in [0.05, 0.1) is 0 Å². The summed E-state index contributed by atoms with van der Waals surface area (Å²) in [5.74, 6) is 0. The van der Waals surface area contributed by atoms with E-state index in [1.807, 2.05) is 36.4 Å². The smallest absolute Gasteiger partial charge is 0.0473 e. The predicted molar refractivity (Wildman–Crippen MR) is 90.9 cm³/mol. The van der Waals surface area contributed by atoms with Crippen molar-refractivity contribution in [2.24, 2.45) is 5.73 Å². The van der Waals surface area contributed by atoms with E-state index in [0.717, 1.165) is 21.2 Å². The van der Waals surface area contributed by atoms with Gasteiger partial charge >= 0.3 is 0 Å². The van der Waals surface area contributed by atoms with E-state index in [2.05, 4.69) is 31.0 Å². The minimum atomic E-state index is 0.0926. The molecule has 0 saturated heterocycles. The molecule has 2 aromatic rings. The fourth-order valence-electron chi connectivity index (χ4n) is 2.55. The third kappa shape index (κ3) is 3.78. The van der Waals surface area contributed by atoms with Crippen LogP contribution >= 0.6 is 23.2 Å². The van der Waals surface area contributed by atoms with Crippen LogP contribution in [0.15, 0.2) is 48.5 Å². The Morgan fingerprint density at radius 2 is 1.81 bits per heavy atom. The maximum Gasteiger partial charge on any atom is 0.0473 e. The molecule has 2 aromatic carbocycles. The Morgan fingerprint density at radius 1 is 1.10 bits per heavy atom. The van der Waals surface area contributed by atoms with E-state index in [4.69, 9.17) is 28.9 Å². The van der Waals surface area contributed by atoms with E-state index >= 15 is 0 Å². The van der Waals surface area contributed by atoms with Crippen LogP contribution in [0.5, 0.6) is 0 Å². The Kier molecular flexibility index (Phi) is 5.65. The number of likely N-dealkylation sites (N-methyl/N-ethyl adjacent to an activating group) is 1. The molecule has 0 amide bonds. The van der Waals surface area contributed by atoms with Crippen molar-refractivity contribution in [1.29, 1.82) is 0 Å². The van der Waals surface area contributed by atoms with Gasteiger partial charge in [0, 0.05) is 28.7 Å². The van der Waals surface area contributed by atoms with Crippen LogP contribution < -0.4 is 5.73 Å². The molecule has 2 unspecified atom stereocenters. The molecule has 0 aliphatic carbocycles. The fraction of sp³-hybridized carbons (Fsp3) is 0.294. The van der Waals surface area contributed by atoms with Gasteiger partial charge in [-0.05, 0) is 43.3 Å². The second-order valence-electron chi connectivity index (χ2n) is 5.17. The lowest BCUT2D eigenvalue weighted by molar-refractivity contribution is 0.190. The zero-order chi connectivity index (χ0) is 15.4. The quantitative estimate of drug-likeness (QED) is 0.865. The first-order chi connectivity index (χ1) is 10.0. The van der Waals surface area contributed by atoms with Crippen molar-refractivity contribution >= 4 is 23.2 Å². The lowest BCUT2D eigenvalue weighted by Crippen LogP contribution is -2.32. The SMILES string of the molecule is CC(c1ccccc1Cl)N(C)C(CN)c1cccc(Cl)c1. The first-order valence-electron chi connectivity index (χ1n) is 6.96. The highest BCUT2D eigenvalue weighted by molar-refractivity contribution is 6.31. The van der Waals surface area contributed by atoms with Crippen LogP contribution in [0, 0.1) is 0 Å². The lowest BCUT2D eigenvalue weighted by atomic mass is 10.0. The van der Waals surface area contributed by atoms with E-state index in [-0.39, 0.29) is 12.1 Å². The Labute approximate surface area is 136 Å². The van der Waals surface area contributed by atoms with Gasteiger partial charge in [0.15, 0.2) is 0 Å². The van der Waals surface area contributed by atoms with E-state index in [0.29, 0.717) is 6.54 Å². The highest BCUT2D eigenvalue weighted by atomic mass is 35.5. The molecule has 4 heteroatoms. The van der Waals surface area contributed by atoms with Gasteiger partial charge in [-0.3, -0.25) is 4.90 Å². The maximum atomic E-state index is 6.30. The van der Waals surface area contributed by atoms with Crippen molar-refractivity contribution < 1.29 is 0 Å². The summed E-state index contributed by atoms with van der Waals surface area (Å²) in [4.78, 5) is 2.23. The standard InChI is InChI=1S/C17H20Cl2N2/c1-12(15-8-3-4-9-16(15)19)21(2)17(11-20)13-6-5-7-14(18)10-13/h3-10,12,17H,11,20H2,1-2H3. The zero-order valence-corrected chi connectivity index (χ0v) is 13.8. The molecule has 112 valence electrons. The summed E-state index contributed by atoms with van der Waals surface area (Å²) in [6.07, 6.45) is 0. The molecule has 0 heterocycles. The summed E-state index contributed by atoms with van der Waals surface area (Å²) in [5, 5.41) is 1.50. The molecule has 0 spiro atoms. The average molecular weight is 323 g/mol. The maximum absolute atomic E-state index is 6.30. The summed E-state index contributed by atoms with van der Waals surface area (Å²) in [6, 6.07) is 16.0. The van der Waals surface area contributed by atoms with Gasteiger partial charge in [0.25, 0.3) is 0 Å². The molecule has 0 aromatic heterocycles. The van der Waals surface area contributed by atoms with Crippen LogP contribution in [-0.4, -0.2) is 18.5 Å². The number of hydrogen-bond acceptors (Lipinski definition) is 2. The predicted octanol–water partition coefficient (Wildman–Crippen LogP) is 4.69. The Balaban J connectivity index is 2.28. The molecule has 2 atom stereocenters. The summed E-state index contributed by atoms with van der Waals surface area (Å²) < 4.78 is 0. The topological polar surface area (TPSA) is 29.3 Å². The molecule has 2 rings (SSSR count). The molecule has 0 aliphatic rings. The monoisotopic (exact) mass is 322 g/mol. The highest BCUT2D eigenvalue weighted by Crippen LogP contribution is 2.32. The van der Waals surface area contributed by atoms with Gasteiger partial charge in [-0.1, -0.05) is 53.5 Å². The van der Waals surface area contributed by atoms with E-state index < -0.39 is 0 Å². The van der Waals surface area contributed by atoms with Gasteiger partial charge < -0.3 is 5.73 Å². The van der Waals surface area contributed by atoms with Crippen molar-refractivity contribution in [2.75, 3.05) is 13.6 Å². The molecule has 2 nitrogen and oxygen atoms in total. The normalized spacial score (nSPS) is 14.2. The Bertz CT molecular complexity index is 601. The number of halogens is 2. The third-order valence-electron chi connectivity index (χ3n) is 3.91. The summed E-state index contributed by atoms with van der Waals surface area (Å²) in [6.45, 7) is 2.65. The number of nitrogens with two attached hydrogens (primary N) is 1. The van der Waals surface area contributed by atoms with Crippen LogP contribution in [0.4, 0.5) is 0 Å². The van der Waals surface area contributed by atoms with E-state index in [1.54, 1.807) is 0 Å². The van der Waals surface area contributed by atoms with Crippen LogP contribution in [0.25, 0.3) is 0 Å². The van der Waals surface area contributed by atoms with Crippen LogP contribution in [0.3, 0.4) is 0 Å². The third-order valence-corrected chi connectivity index (χ3v) is 4.49. The van der Waals surface area contributed by atoms with Gasteiger partial charge in [-0.2, -0.15) is 0 Å². The van der Waals surface area contributed by atoms with Gasteiger partial charge in [0.1, 0.15) is 0 Å². The minimum absolute atomic E-state index is 0.0926. The minimum Gasteiger partial charge on any atom is -0.329 e. The van der Waals surface area contributed by atoms with Crippen molar-refractivity contribution in [3.8, 4) is 0 Å². The zero-order valence-electron chi connectivity index (χ0n) is 12.3. The number of rotatable bonds is 5. The fourth-order valence-corrected chi connectivity index (χ4v) is 3.05. The molecule has 21 heavy (non-hydrogen) atoms. The van der Waals surface area contributed by atoms with Crippen LogP contribution in [-0.2, 0) is 0 Å². The van der Waals surface area contributed by atoms with Crippen molar-refractivity contribution in [2.45, 2.75) is 19.0 Å². The lowest BCUT2D eigenvalue weighted by Gasteiger charge is -2.33. The highest BCUT2D eigenvalue weighted by Gasteiger charge is 2.22. The average Bonchev–Trinajstić information content (AvgIpc) is 2.48. The molecular formula is C17H20Cl2N2. The molecule has 0 fully saturated rings. The number of nitrogens with zero attached hydrogens (tertiary/aromatic N) is 1. The first kappa shape index (κ1) is 16.3.